The number of benzene rings is 1. The lowest BCUT2D eigenvalue weighted by Gasteiger charge is -2.21. The molecule has 0 N–H and O–H groups in total. The van der Waals surface area contributed by atoms with Gasteiger partial charge in [0.25, 0.3) is 0 Å². The van der Waals surface area contributed by atoms with E-state index in [0.29, 0.717) is 5.56 Å². The van der Waals surface area contributed by atoms with Gasteiger partial charge in [0.2, 0.25) is 0 Å². The lowest BCUT2D eigenvalue weighted by molar-refractivity contribution is -0.627. The average Bonchev–Trinajstić information content (AvgIpc) is 2.29. The zero-order valence-electron chi connectivity index (χ0n) is 9.67. The van der Waals surface area contributed by atoms with Crippen LogP contribution < -0.4 is 0 Å². The van der Waals surface area contributed by atoms with Crippen LogP contribution in [-0.2, 0) is 15.3 Å². The Kier molecular flexibility index (Phi) is 3.62. The number of rotatable bonds is 4. The maximum Gasteiger partial charge on any atom is 0.389 e. The first-order chi connectivity index (χ1) is 7.88. The third-order valence-corrected chi connectivity index (χ3v) is 2.30. The number of hydrogen-bond acceptors (Lipinski definition) is 4. The van der Waals surface area contributed by atoms with E-state index in [0.717, 1.165) is 0 Å². The zero-order chi connectivity index (χ0) is 13.1. The number of ether oxygens (including phenoxy) is 1. The van der Waals surface area contributed by atoms with Crippen molar-refractivity contribution < 1.29 is 14.5 Å². The van der Waals surface area contributed by atoms with Crippen molar-refractivity contribution in [2.75, 3.05) is 0 Å². The molecule has 0 heterocycles. The smallest absolute Gasteiger partial charge is 0.389 e. The van der Waals surface area contributed by atoms with Crippen molar-refractivity contribution in [2.24, 2.45) is 0 Å². The summed E-state index contributed by atoms with van der Waals surface area (Å²) in [7, 11) is 0. The molecule has 1 rings (SSSR count). The van der Waals surface area contributed by atoms with Crippen molar-refractivity contribution in [3.05, 3.63) is 58.2 Å². The average molecular weight is 235 g/mol. The molecule has 1 unspecified atom stereocenters. The van der Waals surface area contributed by atoms with Crippen molar-refractivity contribution in [1.82, 2.24) is 0 Å². The Morgan fingerprint density at radius 1 is 1.41 bits per heavy atom. The highest BCUT2D eigenvalue weighted by Crippen LogP contribution is 2.26. The standard InChI is InChI=1S/C12H13NO4/c1-9(2)11(14)17-12(3,13(15)16)10-7-5-4-6-8-10/h4-8H,1H2,2-3H3. The molecule has 0 aliphatic carbocycles. The summed E-state index contributed by atoms with van der Waals surface area (Å²) in [6.45, 7) is 6.07. The van der Waals surface area contributed by atoms with Gasteiger partial charge >= 0.3 is 11.7 Å². The van der Waals surface area contributed by atoms with Crippen LogP contribution in [0, 0.1) is 10.1 Å². The van der Waals surface area contributed by atoms with E-state index in [2.05, 4.69) is 6.58 Å². The van der Waals surface area contributed by atoms with Crippen LogP contribution in [0.5, 0.6) is 0 Å². The van der Waals surface area contributed by atoms with Crippen molar-refractivity contribution in [3.63, 3.8) is 0 Å². The number of nitrogens with zero attached hydrogens (tertiary/aromatic N) is 1. The van der Waals surface area contributed by atoms with E-state index in [4.69, 9.17) is 4.74 Å². The van der Waals surface area contributed by atoms with Gasteiger partial charge in [-0.2, -0.15) is 0 Å². The van der Waals surface area contributed by atoms with E-state index < -0.39 is 16.6 Å². The highest BCUT2D eigenvalue weighted by atomic mass is 16.7. The van der Waals surface area contributed by atoms with E-state index in [1.165, 1.54) is 26.0 Å². The first-order valence-corrected chi connectivity index (χ1v) is 4.97. The summed E-state index contributed by atoms with van der Waals surface area (Å²) in [6, 6.07) is 8.09. The fraction of sp³-hybridized carbons (Fsp3) is 0.250. The fourth-order valence-corrected chi connectivity index (χ4v) is 1.22. The molecule has 5 heteroatoms. The van der Waals surface area contributed by atoms with Crippen LogP contribution in [0.3, 0.4) is 0 Å². The molecule has 0 amide bonds. The minimum absolute atomic E-state index is 0.119. The van der Waals surface area contributed by atoms with Gasteiger partial charge in [-0.25, -0.2) is 4.79 Å². The van der Waals surface area contributed by atoms with Crippen LogP contribution in [0.1, 0.15) is 19.4 Å². The predicted molar refractivity (Wildman–Crippen MR) is 61.7 cm³/mol. The van der Waals surface area contributed by atoms with Crippen molar-refractivity contribution in [3.8, 4) is 0 Å². The van der Waals surface area contributed by atoms with E-state index >= 15 is 0 Å². The zero-order valence-corrected chi connectivity index (χ0v) is 9.67. The van der Waals surface area contributed by atoms with Gasteiger partial charge in [0.05, 0.1) is 17.4 Å². The molecule has 5 nitrogen and oxygen atoms in total. The topological polar surface area (TPSA) is 69.4 Å². The van der Waals surface area contributed by atoms with Gasteiger partial charge in [-0.1, -0.05) is 24.8 Å². The summed E-state index contributed by atoms with van der Waals surface area (Å²) >= 11 is 0. The maximum absolute atomic E-state index is 11.4. The molecule has 0 aliphatic heterocycles. The number of nitro groups is 1. The molecule has 0 spiro atoms. The number of carbonyl (C=O) groups is 1. The second-order valence-electron chi connectivity index (χ2n) is 3.78. The number of esters is 1. The SMILES string of the molecule is C=C(C)C(=O)OC(C)(c1ccccc1)[N+](=O)[O-]. The fourth-order valence-electron chi connectivity index (χ4n) is 1.22. The number of carbonyl (C=O) groups excluding carboxylic acids is 1. The Hall–Kier alpha value is -2.17. The minimum atomic E-state index is -1.89. The van der Waals surface area contributed by atoms with E-state index in [1.54, 1.807) is 18.2 Å². The number of hydrogen-bond donors (Lipinski definition) is 0. The molecule has 0 saturated carbocycles. The van der Waals surface area contributed by atoms with Crippen LogP contribution in [0.25, 0.3) is 0 Å². The maximum atomic E-state index is 11.4. The second kappa shape index (κ2) is 4.78. The quantitative estimate of drug-likeness (QED) is 0.264. The minimum Gasteiger partial charge on any atom is -0.389 e. The third kappa shape index (κ3) is 2.69. The summed E-state index contributed by atoms with van der Waals surface area (Å²) in [5.41, 5.74) is -1.47. The van der Waals surface area contributed by atoms with E-state index in [-0.39, 0.29) is 5.57 Å². The van der Waals surface area contributed by atoms with Gasteiger partial charge in [-0.3, -0.25) is 10.1 Å². The highest BCUT2D eigenvalue weighted by molar-refractivity contribution is 5.87. The molecule has 1 aromatic rings. The van der Waals surface area contributed by atoms with Gasteiger partial charge in [-0.05, 0) is 19.1 Å². The summed E-state index contributed by atoms with van der Waals surface area (Å²) in [5.74, 6) is -0.784. The largest absolute Gasteiger partial charge is 0.389 e. The van der Waals surface area contributed by atoms with Gasteiger partial charge in [0, 0.05) is 5.57 Å². The summed E-state index contributed by atoms with van der Waals surface area (Å²) in [5, 5.41) is 11.1. The Bertz CT molecular complexity index is 455. The van der Waals surface area contributed by atoms with Crippen LogP contribution >= 0.6 is 0 Å². The van der Waals surface area contributed by atoms with Gasteiger partial charge in [0.15, 0.2) is 0 Å². The Labute approximate surface area is 98.9 Å². The molecular weight excluding hydrogens is 222 g/mol. The summed E-state index contributed by atoms with van der Waals surface area (Å²) in [6.07, 6.45) is 0. The molecule has 17 heavy (non-hydrogen) atoms. The molecule has 0 aliphatic rings. The van der Waals surface area contributed by atoms with Crippen molar-refractivity contribution >= 4 is 5.97 Å². The molecule has 0 saturated heterocycles. The molecule has 0 fully saturated rings. The normalized spacial score (nSPS) is 13.5. The first kappa shape index (κ1) is 12.9. The first-order valence-electron chi connectivity index (χ1n) is 4.97. The molecule has 0 radical (unpaired) electrons. The van der Waals surface area contributed by atoms with Crippen LogP contribution in [-0.4, -0.2) is 10.9 Å². The van der Waals surface area contributed by atoms with Gasteiger partial charge in [-0.15, -0.1) is 0 Å². The van der Waals surface area contributed by atoms with Crippen LogP contribution in [0.4, 0.5) is 0 Å². The molecule has 1 aromatic carbocycles. The third-order valence-electron chi connectivity index (χ3n) is 2.30. The monoisotopic (exact) mass is 235 g/mol. The van der Waals surface area contributed by atoms with Crippen molar-refractivity contribution in [1.29, 1.82) is 0 Å². The molecular formula is C12H13NO4. The lowest BCUT2D eigenvalue weighted by Crippen LogP contribution is -2.37. The second-order valence-corrected chi connectivity index (χ2v) is 3.78. The van der Waals surface area contributed by atoms with Crippen LogP contribution in [0.15, 0.2) is 42.5 Å². The molecule has 1 atom stereocenters. The summed E-state index contributed by atoms with van der Waals surface area (Å²) < 4.78 is 4.91. The van der Waals surface area contributed by atoms with Gasteiger partial charge < -0.3 is 4.74 Å². The Morgan fingerprint density at radius 3 is 2.35 bits per heavy atom. The summed E-state index contributed by atoms with van der Waals surface area (Å²) in [4.78, 5) is 21.9. The van der Waals surface area contributed by atoms with Crippen molar-refractivity contribution in [2.45, 2.75) is 19.6 Å². The van der Waals surface area contributed by atoms with Crippen LogP contribution in [0.2, 0.25) is 0 Å². The Morgan fingerprint density at radius 2 is 1.94 bits per heavy atom. The predicted octanol–water partition coefficient (Wildman–Crippen LogP) is 2.26. The molecule has 0 bridgehead atoms. The highest BCUT2D eigenvalue weighted by Gasteiger charge is 2.43. The van der Waals surface area contributed by atoms with E-state index in [1.807, 2.05) is 0 Å². The Balaban J connectivity index is 3.11. The molecule has 0 aromatic heterocycles. The van der Waals surface area contributed by atoms with E-state index in [9.17, 15) is 14.9 Å². The lowest BCUT2D eigenvalue weighted by atomic mass is 10.1. The molecule has 90 valence electrons. The van der Waals surface area contributed by atoms with Gasteiger partial charge in [0.1, 0.15) is 0 Å².